The van der Waals surface area contributed by atoms with Crippen molar-refractivity contribution in [1.82, 2.24) is 4.98 Å². The lowest BCUT2D eigenvalue weighted by atomic mass is 10.2. The zero-order chi connectivity index (χ0) is 12.8. The number of nitrogens with one attached hydrogen (secondary N) is 1. The highest BCUT2D eigenvalue weighted by Gasteiger charge is 2.05. The van der Waals surface area contributed by atoms with Crippen molar-refractivity contribution in [1.29, 1.82) is 0 Å². The number of carbonyl (C=O) groups is 1. The monoisotopic (exact) mass is 242 g/mol. The molecule has 0 unspecified atom stereocenters. The molecule has 4 nitrogen and oxygen atoms in total. The second-order valence-corrected chi connectivity index (χ2v) is 3.83. The Kier molecular flexibility index (Phi) is 4.04. The number of anilines is 1. The molecule has 0 bridgehead atoms. The average molecular weight is 242 g/mol. The van der Waals surface area contributed by atoms with E-state index in [-0.39, 0.29) is 5.91 Å². The quantitative estimate of drug-likeness (QED) is 0.896. The minimum absolute atomic E-state index is 0.164. The number of hydrogen-bond acceptors (Lipinski definition) is 3. The molecule has 1 aromatic heterocycles. The van der Waals surface area contributed by atoms with E-state index >= 15 is 0 Å². The second-order valence-electron chi connectivity index (χ2n) is 3.83. The molecule has 0 atom stereocenters. The molecular weight excluding hydrogens is 228 g/mol. The van der Waals surface area contributed by atoms with Gasteiger partial charge in [-0.2, -0.15) is 0 Å². The maximum atomic E-state index is 11.8. The van der Waals surface area contributed by atoms with E-state index in [9.17, 15) is 4.79 Å². The fourth-order valence-electron chi connectivity index (χ4n) is 1.55. The van der Waals surface area contributed by atoms with Crippen LogP contribution in [0.15, 0.2) is 48.8 Å². The van der Waals surface area contributed by atoms with Gasteiger partial charge in [-0.3, -0.25) is 9.78 Å². The number of hydrogen-bond donors (Lipinski definition) is 1. The number of ether oxygens (including phenoxy) is 1. The van der Waals surface area contributed by atoms with Gasteiger partial charge >= 0.3 is 0 Å². The molecular formula is C14H14N2O2. The minimum Gasteiger partial charge on any atom is -0.380 e. The van der Waals surface area contributed by atoms with Crippen molar-refractivity contribution >= 4 is 11.6 Å². The van der Waals surface area contributed by atoms with Crippen LogP contribution in [0.3, 0.4) is 0 Å². The maximum Gasteiger partial charge on any atom is 0.257 e. The van der Waals surface area contributed by atoms with E-state index in [0.717, 1.165) is 11.3 Å². The molecule has 1 heterocycles. The normalized spacial score (nSPS) is 10.1. The lowest BCUT2D eigenvalue weighted by Crippen LogP contribution is -2.11. The lowest BCUT2D eigenvalue weighted by molar-refractivity contribution is 0.102. The molecule has 92 valence electrons. The third-order valence-electron chi connectivity index (χ3n) is 2.45. The first kappa shape index (κ1) is 12.3. The Bertz CT molecular complexity index is 509. The van der Waals surface area contributed by atoms with Crippen molar-refractivity contribution in [2.75, 3.05) is 12.4 Å². The van der Waals surface area contributed by atoms with Crippen LogP contribution in [0.1, 0.15) is 15.9 Å². The van der Waals surface area contributed by atoms with Crippen LogP contribution < -0.4 is 5.32 Å². The molecule has 1 aromatic carbocycles. The van der Waals surface area contributed by atoms with Gasteiger partial charge in [0.1, 0.15) is 0 Å². The molecule has 0 radical (unpaired) electrons. The zero-order valence-electron chi connectivity index (χ0n) is 10.1. The van der Waals surface area contributed by atoms with Crippen LogP contribution in [0.2, 0.25) is 0 Å². The van der Waals surface area contributed by atoms with Gasteiger partial charge in [0.2, 0.25) is 0 Å². The van der Waals surface area contributed by atoms with Gasteiger partial charge in [0.15, 0.2) is 0 Å². The third-order valence-corrected chi connectivity index (χ3v) is 2.45. The van der Waals surface area contributed by atoms with E-state index in [4.69, 9.17) is 4.74 Å². The Labute approximate surface area is 106 Å². The second kappa shape index (κ2) is 5.93. The summed E-state index contributed by atoms with van der Waals surface area (Å²) in [5, 5.41) is 2.81. The molecule has 4 heteroatoms. The van der Waals surface area contributed by atoms with Gasteiger partial charge in [-0.25, -0.2) is 0 Å². The Balaban J connectivity index is 2.03. The van der Waals surface area contributed by atoms with Crippen molar-refractivity contribution in [2.24, 2.45) is 0 Å². The summed E-state index contributed by atoms with van der Waals surface area (Å²) in [6.07, 6.45) is 3.17. The standard InChI is InChI=1S/C14H14N2O2/c1-18-10-11-4-6-13(7-5-11)16-14(17)12-3-2-8-15-9-12/h2-9H,10H2,1H3,(H,16,17). The molecule has 2 rings (SSSR count). The fourth-order valence-corrected chi connectivity index (χ4v) is 1.55. The summed E-state index contributed by atoms with van der Waals surface area (Å²) < 4.78 is 5.02. The Morgan fingerprint density at radius 2 is 2.06 bits per heavy atom. The minimum atomic E-state index is -0.164. The van der Waals surface area contributed by atoms with Gasteiger partial charge in [-0.1, -0.05) is 12.1 Å². The molecule has 0 spiro atoms. The summed E-state index contributed by atoms with van der Waals surface area (Å²) >= 11 is 0. The summed E-state index contributed by atoms with van der Waals surface area (Å²) in [7, 11) is 1.65. The number of pyridine rings is 1. The number of carbonyl (C=O) groups excluding carboxylic acids is 1. The van der Waals surface area contributed by atoms with E-state index < -0.39 is 0 Å². The number of nitrogens with zero attached hydrogens (tertiary/aromatic N) is 1. The zero-order valence-corrected chi connectivity index (χ0v) is 10.1. The van der Waals surface area contributed by atoms with Crippen LogP contribution in [0.25, 0.3) is 0 Å². The Morgan fingerprint density at radius 3 is 2.67 bits per heavy atom. The Morgan fingerprint density at radius 1 is 1.28 bits per heavy atom. The molecule has 0 fully saturated rings. The highest BCUT2D eigenvalue weighted by molar-refractivity contribution is 6.03. The average Bonchev–Trinajstić information content (AvgIpc) is 2.42. The maximum absolute atomic E-state index is 11.8. The van der Waals surface area contributed by atoms with Crippen LogP contribution in [-0.2, 0) is 11.3 Å². The lowest BCUT2D eigenvalue weighted by Gasteiger charge is -2.06. The molecule has 0 aliphatic rings. The van der Waals surface area contributed by atoms with E-state index in [1.165, 1.54) is 6.20 Å². The summed E-state index contributed by atoms with van der Waals surface area (Å²) in [4.78, 5) is 15.8. The molecule has 2 aromatic rings. The van der Waals surface area contributed by atoms with E-state index in [1.54, 1.807) is 25.4 Å². The van der Waals surface area contributed by atoms with E-state index in [1.807, 2.05) is 24.3 Å². The molecule has 0 saturated heterocycles. The van der Waals surface area contributed by atoms with Crippen molar-refractivity contribution in [3.05, 3.63) is 59.9 Å². The third kappa shape index (κ3) is 3.15. The van der Waals surface area contributed by atoms with Crippen molar-refractivity contribution in [2.45, 2.75) is 6.61 Å². The largest absolute Gasteiger partial charge is 0.380 e. The SMILES string of the molecule is COCc1ccc(NC(=O)c2cccnc2)cc1. The molecule has 0 aliphatic carbocycles. The van der Waals surface area contributed by atoms with Crippen LogP contribution >= 0.6 is 0 Å². The highest BCUT2D eigenvalue weighted by Crippen LogP contribution is 2.11. The van der Waals surface area contributed by atoms with E-state index in [0.29, 0.717) is 12.2 Å². The molecule has 1 amide bonds. The summed E-state index contributed by atoms with van der Waals surface area (Å²) in [5.41, 5.74) is 2.36. The van der Waals surface area contributed by atoms with Gasteiger partial charge in [0.05, 0.1) is 12.2 Å². The number of rotatable bonds is 4. The summed E-state index contributed by atoms with van der Waals surface area (Å²) in [5.74, 6) is -0.164. The molecule has 18 heavy (non-hydrogen) atoms. The van der Waals surface area contributed by atoms with Gasteiger partial charge in [-0.15, -0.1) is 0 Å². The predicted molar refractivity (Wildman–Crippen MR) is 69.3 cm³/mol. The number of methoxy groups -OCH3 is 1. The van der Waals surface area contributed by atoms with Crippen molar-refractivity contribution in [3.8, 4) is 0 Å². The number of amides is 1. The fraction of sp³-hybridized carbons (Fsp3) is 0.143. The van der Waals surface area contributed by atoms with Crippen LogP contribution in [0, 0.1) is 0 Å². The molecule has 0 aliphatic heterocycles. The number of aromatic nitrogens is 1. The van der Waals surface area contributed by atoms with Crippen LogP contribution in [0.4, 0.5) is 5.69 Å². The van der Waals surface area contributed by atoms with Gasteiger partial charge in [0.25, 0.3) is 5.91 Å². The van der Waals surface area contributed by atoms with Gasteiger partial charge in [-0.05, 0) is 29.8 Å². The first-order chi connectivity index (χ1) is 8.79. The molecule has 0 saturated carbocycles. The van der Waals surface area contributed by atoms with Crippen molar-refractivity contribution < 1.29 is 9.53 Å². The number of benzene rings is 1. The highest BCUT2D eigenvalue weighted by atomic mass is 16.5. The van der Waals surface area contributed by atoms with Crippen LogP contribution in [0.5, 0.6) is 0 Å². The predicted octanol–water partition coefficient (Wildman–Crippen LogP) is 2.48. The first-order valence-corrected chi connectivity index (χ1v) is 5.59. The first-order valence-electron chi connectivity index (χ1n) is 5.59. The molecule has 1 N–H and O–H groups in total. The smallest absolute Gasteiger partial charge is 0.257 e. The summed E-state index contributed by atoms with van der Waals surface area (Å²) in [6, 6.07) is 11.0. The van der Waals surface area contributed by atoms with Gasteiger partial charge in [0, 0.05) is 25.2 Å². The van der Waals surface area contributed by atoms with Crippen LogP contribution in [-0.4, -0.2) is 18.0 Å². The summed E-state index contributed by atoms with van der Waals surface area (Å²) in [6.45, 7) is 0.566. The Hall–Kier alpha value is -2.20. The van der Waals surface area contributed by atoms with Crippen molar-refractivity contribution in [3.63, 3.8) is 0 Å². The topological polar surface area (TPSA) is 51.2 Å². The van der Waals surface area contributed by atoms with E-state index in [2.05, 4.69) is 10.3 Å². The van der Waals surface area contributed by atoms with Gasteiger partial charge < -0.3 is 10.1 Å².